The van der Waals surface area contributed by atoms with Crippen molar-refractivity contribution in [1.82, 2.24) is 4.98 Å². The van der Waals surface area contributed by atoms with Crippen molar-refractivity contribution in [2.24, 2.45) is 5.92 Å². The summed E-state index contributed by atoms with van der Waals surface area (Å²) in [6.07, 6.45) is 13.1. The minimum absolute atomic E-state index is 0.202. The van der Waals surface area contributed by atoms with Gasteiger partial charge in [0.05, 0.1) is 18.1 Å². The molecule has 154 valence electrons. The lowest BCUT2D eigenvalue weighted by Crippen LogP contribution is -2.26. The van der Waals surface area contributed by atoms with E-state index in [1.807, 2.05) is 6.20 Å². The summed E-state index contributed by atoms with van der Waals surface area (Å²) >= 11 is 1.75. The molecule has 2 aromatic rings. The lowest BCUT2D eigenvalue weighted by atomic mass is 10.0. The molecule has 0 spiro atoms. The minimum Gasteiger partial charge on any atom is -0.347 e. The van der Waals surface area contributed by atoms with Crippen LogP contribution >= 0.6 is 11.3 Å². The molecule has 0 atom stereocenters. The zero-order valence-electron chi connectivity index (χ0n) is 17.5. The average molecular weight is 402 g/mol. The van der Waals surface area contributed by atoms with Gasteiger partial charge in [-0.3, -0.25) is 4.98 Å². The quantitative estimate of drug-likeness (QED) is 0.374. The molecule has 0 unspecified atom stereocenters. The summed E-state index contributed by atoms with van der Waals surface area (Å²) in [7, 11) is 0. The van der Waals surface area contributed by atoms with E-state index in [-0.39, 0.29) is 6.29 Å². The van der Waals surface area contributed by atoms with E-state index in [0.29, 0.717) is 5.92 Å². The second kappa shape index (κ2) is 11.7. The molecular formula is C24H35NO2S. The van der Waals surface area contributed by atoms with Crippen molar-refractivity contribution in [2.75, 3.05) is 13.2 Å². The number of thiophene rings is 1. The number of aryl methyl sites for hydroxylation is 1. The zero-order valence-corrected chi connectivity index (χ0v) is 18.3. The minimum atomic E-state index is -0.202. The van der Waals surface area contributed by atoms with E-state index in [2.05, 4.69) is 43.1 Å². The molecule has 3 rings (SSSR count). The standard InChI is InChI=1S/C24H35NO2S/c1-3-5-7-8-9-11-21-13-12-20(16-25-21)22-14-15-23(28-22)24-26-17-19(18-27-24)10-6-4-2/h12-16,19,24H,3-11,17-18H2,1-2H3. The summed E-state index contributed by atoms with van der Waals surface area (Å²) in [5, 5.41) is 0. The van der Waals surface area contributed by atoms with Gasteiger partial charge in [-0.1, -0.05) is 58.4 Å². The molecular weight excluding hydrogens is 366 g/mol. The highest BCUT2D eigenvalue weighted by molar-refractivity contribution is 7.15. The third-order valence-electron chi connectivity index (χ3n) is 5.44. The molecule has 4 heteroatoms. The number of nitrogens with zero attached hydrogens (tertiary/aromatic N) is 1. The summed E-state index contributed by atoms with van der Waals surface area (Å²) in [6, 6.07) is 8.68. The molecule has 1 aliphatic heterocycles. The Bertz CT molecular complexity index is 674. The number of hydrogen-bond acceptors (Lipinski definition) is 4. The van der Waals surface area contributed by atoms with E-state index >= 15 is 0 Å². The van der Waals surface area contributed by atoms with Crippen LogP contribution in [0.3, 0.4) is 0 Å². The summed E-state index contributed by atoms with van der Waals surface area (Å²) in [4.78, 5) is 7.07. The summed E-state index contributed by atoms with van der Waals surface area (Å²) in [5.74, 6) is 0.550. The lowest BCUT2D eigenvalue weighted by Gasteiger charge is -2.28. The molecule has 0 aliphatic carbocycles. The molecule has 2 aromatic heterocycles. The van der Waals surface area contributed by atoms with Crippen molar-refractivity contribution < 1.29 is 9.47 Å². The summed E-state index contributed by atoms with van der Waals surface area (Å²) < 4.78 is 12.0. The van der Waals surface area contributed by atoms with Crippen molar-refractivity contribution in [3.63, 3.8) is 0 Å². The first-order valence-corrected chi connectivity index (χ1v) is 11.9. The number of unbranched alkanes of at least 4 members (excludes halogenated alkanes) is 5. The second-order valence-corrected chi connectivity index (χ2v) is 9.03. The van der Waals surface area contributed by atoms with Gasteiger partial charge in [0, 0.05) is 28.2 Å². The maximum Gasteiger partial charge on any atom is 0.193 e. The molecule has 28 heavy (non-hydrogen) atoms. The molecule has 0 radical (unpaired) electrons. The maximum atomic E-state index is 5.99. The van der Waals surface area contributed by atoms with Crippen LogP contribution in [0.5, 0.6) is 0 Å². The van der Waals surface area contributed by atoms with E-state index in [1.165, 1.54) is 67.5 Å². The van der Waals surface area contributed by atoms with Gasteiger partial charge in [0.1, 0.15) is 0 Å². The fourth-order valence-electron chi connectivity index (χ4n) is 3.63. The highest BCUT2D eigenvalue weighted by Gasteiger charge is 2.24. The van der Waals surface area contributed by atoms with E-state index in [4.69, 9.17) is 9.47 Å². The fraction of sp³-hybridized carbons (Fsp3) is 0.625. The number of hydrogen-bond donors (Lipinski definition) is 0. The van der Waals surface area contributed by atoms with Crippen molar-refractivity contribution in [1.29, 1.82) is 0 Å². The topological polar surface area (TPSA) is 31.4 Å². The number of aromatic nitrogens is 1. The van der Waals surface area contributed by atoms with Crippen LogP contribution in [-0.2, 0) is 15.9 Å². The fourth-order valence-corrected chi connectivity index (χ4v) is 4.63. The van der Waals surface area contributed by atoms with Gasteiger partial charge in [-0.05, 0) is 37.5 Å². The predicted molar refractivity (Wildman–Crippen MR) is 118 cm³/mol. The summed E-state index contributed by atoms with van der Waals surface area (Å²) in [5.41, 5.74) is 2.39. The molecule has 0 amide bonds. The molecule has 0 N–H and O–H groups in total. The first-order chi connectivity index (χ1) is 13.8. The third-order valence-corrected chi connectivity index (χ3v) is 6.59. The van der Waals surface area contributed by atoms with E-state index in [9.17, 15) is 0 Å². The predicted octanol–water partition coefficient (Wildman–Crippen LogP) is 7.17. The summed E-state index contributed by atoms with van der Waals surface area (Å²) in [6.45, 7) is 6.11. The maximum absolute atomic E-state index is 5.99. The van der Waals surface area contributed by atoms with Crippen LogP contribution in [0.4, 0.5) is 0 Å². The normalized spacial score (nSPS) is 19.8. The molecule has 0 aromatic carbocycles. The van der Waals surface area contributed by atoms with Crippen LogP contribution < -0.4 is 0 Å². The van der Waals surface area contributed by atoms with Crippen LogP contribution in [0.25, 0.3) is 10.4 Å². The SMILES string of the molecule is CCCCCCCc1ccc(-c2ccc(C3OCC(CCCC)CO3)s2)cn1. The van der Waals surface area contributed by atoms with Crippen LogP contribution in [0.1, 0.15) is 82.1 Å². The largest absolute Gasteiger partial charge is 0.347 e. The Hall–Kier alpha value is -1.23. The van der Waals surface area contributed by atoms with Crippen LogP contribution in [-0.4, -0.2) is 18.2 Å². The van der Waals surface area contributed by atoms with Crippen molar-refractivity contribution in [3.8, 4) is 10.4 Å². The Morgan fingerprint density at radius 2 is 1.71 bits per heavy atom. The zero-order chi connectivity index (χ0) is 19.6. The molecule has 1 saturated heterocycles. The first kappa shape index (κ1) is 21.5. The monoisotopic (exact) mass is 401 g/mol. The molecule has 1 aliphatic rings. The molecule has 0 saturated carbocycles. The average Bonchev–Trinajstić information content (AvgIpc) is 3.23. The van der Waals surface area contributed by atoms with Gasteiger partial charge < -0.3 is 9.47 Å². The van der Waals surface area contributed by atoms with Gasteiger partial charge in [0.2, 0.25) is 0 Å². The molecule has 3 nitrogen and oxygen atoms in total. The van der Waals surface area contributed by atoms with Crippen LogP contribution in [0, 0.1) is 5.92 Å². The van der Waals surface area contributed by atoms with Crippen molar-refractivity contribution in [2.45, 2.75) is 77.9 Å². The first-order valence-electron chi connectivity index (χ1n) is 11.1. The van der Waals surface area contributed by atoms with Gasteiger partial charge in [-0.15, -0.1) is 11.3 Å². The van der Waals surface area contributed by atoms with Crippen molar-refractivity contribution in [3.05, 3.63) is 41.0 Å². The Balaban J connectivity index is 1.48. The van der Waals surface area contributed by atoms with Crippen molar-refractivity contribution >= 4 is 11.3 Å². The van der Waals surface area contributed by atoms with Gasteiger partial charge in [0.25, 0.3) is 0 Å². The molecule has 1 fully saturated rings. The molecule has 3 heterocycles. The Kier molecular flexibility index (Phi) is 8.97. The lowest BCUT2D eigenvalue weighted by molar-refractivity contribution is -0.204. The number of ether oxygens (including phenoxy) is 2. The highest BCUT2D eigenvalue weighted by Crippen LogP contribution is 2.35. The Labute approximate surface area is 174 Å². The van der Waals surface area contributed by atoms with Gasteiger partial charge in [-0.2, -0.15) is 0 Å². The third kappa shape index (κ3) is 6.40. The number of rotatable bonds is 11. The Morgan fingerprint density at radius 1 is 0.929 bits per heavy atom. The second-order valence-electron chi connectivity index (χ2n) is 7.91. The number of pyridine rings is 1. The van der Waals surface area contributed by atoms with Gasteiger partial charge in [0.15, 0.2) is 6.29 Å². The highest BCUT2D eigenvalue weighted by atomic mass is 32.1. The Morgan fingerprint density at radius 3 is 2.43 bits per heavy atom. The van der Waals surface area contributed by atoms with E-state index in [1.54, 1.807) is 11.3 Å². The van der Waals surface area contributed by atoms with Gasteiger partial charge >= 0.3 is 0 Å². The van der Waals surface area contributed by atoms with E-state index in [0.717, 1.165) is 24.5 Å². The van der Waals surface area contributed by atoms with Crippen LogP contribution in [0.15, 0.2) is 30.5 Å². The molecule has 0 bridgehead atoms. The van der Waals surface area contributed by atoms with Crippen LogP contribution in [0.2, 0.25) is 0 Å². The smallest absolute Gasteiger partial charge is 0.193 e. The van der Waals surface area contributed by atoms with E-state index < -0.39 is 0 Å². The van der Waals surface area contributed by atoms with Gasteiger partial charge in [-0.25, -0.2) is 0 Å².